The molecule has 4 nitrogen and oxygen atoms in total. The molecule has 8 heteroatoms. The lowest BCUT2D eigenvalue weighted by molar-refractivity contribution is 0.196. The van der Waals surface area contributed by atoms with Crippen LogP contribution in [0.1, 0.15) is 22.4 Å². The summed E-state index contributed by atoms with van der Waals surface area (Å²) in [5.41, 5.74) is 0.477. The Kier molecular flexibility index (Phi) is 4.70. The molecule has 0 saturated heterocycles. The molecule has 1 N–H and O–H groups in total. The third-order valence-electron chi connectivity index (χ3n) is 2.74. The summed E-state index contributed by atoms with van der Waals surface area (Å²) in [5, 5.41) is 12.0. The maximum Gasteiger partial charge on any atom is 0.159 e. The van der Waals surface area contributed by atoms with Crippen LogP contribution in [0.25, 0.3) is 0 Å². The first-order chi connectivity index (χ1) is 9.77. The first kappa shape index (κ1) is 16.0. The Morgan fingerprint density at radius 2 is 2.10 bits per heavy atom. The van der Waals surface area contributed by atoms with Gasteiger partial charge in [-0.25, -0.2) is 22.2 Å². The lowest BCUT2D eigenvalue weighted by atomic mass is 10.1. The van der Waals surface area contributed by atoms with E-state index < -0.39 is 33.3 Å². The summed E-state index contributed by atoms with van der Waals surface area (Å²) in [7, 11) is -3.66. The number of rotatable bonds is 5. The number of aliphatic hydroxyl groups is 1. The third-order valence-corrected chi connectivity index (χ3v) is 5.43. The number of aliphatic hydroxyl groups excluding tert-OH is 1. The molecule has 0 aliphatic rings. The Bertz CT molecular complexity index is 744. The number of nitrogens with zero attached hydrogens (tertiary/aromatic N) is 1. The number of thiazole rings is 1. The van der Waals surface area contributed by atoms with Gasteiger partial charge in [-0.2, -0.15) is 0 Å². The van der Waals surface area contributed by atoms with Gasteiger partial charge in [-0.1, -0.05) is 6.07 Å². The van der Waals surface area contributed by atoms with Crippen molar-refractivity contribution in [1.82, 2.24) is 4.98 Å². The van der Waals surface area contributed by atoms with E-state index in [0.717, 1.165) is 17.8 Å². The van der Waals surface area contributed by atoms with Crippen LogP contribution >= 0.6 is 11.3 Å². The molecule has 0 radical (unpaired) electrons. The molecule has 0 aliphatic heterocycles. The second-order valence-electron chi connectivity index (χ2n) is 4.62. The van der Waals surface area contributed by atoms with Gasteiger partial charge in [-0.05, 0) is 13.0 Å². The highest BCUT2D eigenvalue weighted by Crippen LogP contribution is 2.22. The minimum absolute atomic E-state index is 0.240. The second-order valence-corrected chi connectivity index (χ2v) is 7.67. The van der Waals surface area contributed by atoms with Gasteiger partial charge in [0, 0.05) is 22.7 Å². The molecule has 1 atom stereocenters. The predicted molar refractivity (Wildman–Crippen MR) is 75.7 cm³/mol. The lowest BCUT2D eigenvalue weighted by Crippen LogP contribution is -2.17. The zero-order chi connectivity index (χ0) is 15.6. The number of hydrogen-bond donors (Lipinski definition) is 1. The van der Waals surface area contributed by atoms with Gasteiger partial charge in [-0.15, -0.1) is 11.3 Å². The topological polar surface area (TPSA) is 67.3 Å². The number of aryl methyl sites for hydroxylation is 1. The van der Waals surface area contributed by atoms with Gasteiger partial charge in [0.2, 0.25) is 0 Å². The summed E-state index contributed by atoms with van der Waals surface area (Å²) in [6.07, 6.45) is -1.54. The Balaban J connectivity index is 2.12. The predicted octanol–water partition coefficient (Wildman–Crippen LogP) is 2.38. The summed E-state index contributed by atoms with van der Waals surface area (Å²) in [6.45, 7) is 1.75. The second kappa shape index (κ2) is 6.17. The Morgan fingerprint density at radius 3 is 2.67 bits per heavy atom. The van der Waals surface area contributed by atoms with Crippen molar-refractivity contribution in [3.8, 4) is 0 Å². The molecule has 1 aromatic heterocycles. The van der Waals surface area contributed by atoms with Gasteiger partial charge in [0.15, 0.2) is 9.84 Å². The first-order valence-corrected chi connectivity index (χ1v) is 8.71. The van der Waals surface area contributed by atoms with Crippen LogP contribution in [0.2, 0.25) is 0 Å². The summed E-state index contributed by atoms with van der Waals surface area (Å²) in [5.74, 6) is -2.72. The molecule has 1 aromatic carbocycles. The summed E-state index contributed by atoms with van der Waals surface area (Å²) >= 11 is 1.21. The Hall–Kier alpha value is -1.38. The zero-order valence-electron chi connectivity index (χ0n) is 11.1. The molecule has 0 aliphatic carbocycles. The number of halogens is 2. The van der Waals surface area contributed by atoms with Crippen molar-refractivity contribution in [1.29, 1.82) is 0 Å². The molecule has 1 heterocycles. The van der Waals surface area contributed by atoms with E-state index in [-0.39, 0.29) is 11.3 Å². The largest absolute Gasteiger partial charge is 0.387 e. The fourth-order valence-corrected chi connectivity index (χ4v) is 4.40. The van der Waals surface area contributed by atoms with Gasteiger partial charge < -0.3 is 5.11 Å². The average Bonchev–Trinajstić information content (AvgIpc) is 2.72. The van der Waals surface area contributed by atoms with Crippen molar-refractivity contribution in [2.75, 3.05) is 5.75 Å². The van der Waals surface area contributed by atoms with Crippen molar-refractivity contribution in [2.45, 2.75) is 18.8 Å². The maximum atomic E-state index is 13.5. The van der Waals surface area contributed by atoms with Crippen molar-refractivity contribution >= 4 is 21.2 Å². The van der Waals surface area contributed by atoms with E-state index in [4.69, 9.17) is 0 Å². The average molecular weight is 333 g/mol. The molecule has 114 valence electrons. The molecule has 1 unspecified atom stereocenters. The molecule has 0 spiro atoms. The third kappa shape index (κ3) is 4.29. The summed E-state index contributed by atoms with van der Waals surface area (Å²) in [4.78, 5) is 4.04. The highest BCUT2D eigenvalue weighted by atomic mass is 32.2. The molecule has 2 rings (SSSR count). The van der Waals surface area contributed by atoms with Gasteiger partial charge in [0.25, 0.3) is 0 Å². The highest BCUT2D eigenvalue weighted by molar-refractivity contribution is 7.90. The minimum atomic E-state index is -3.66. The number of benzene rings is 1. The molecular weight excluding hydrogens is 320 g/mol. The van der Waals surface area contributed by atoms with E-state index in [9.17, 15) is 22.3 Å². The van der Waals surface area contributed by atoms with Crippen molar-refractivity contribution < 1.29 is 22.3 Å². The van der Waals surface area contributed by atoms with E-state index in [1.807, 2.05) is 0 Å². The van der Waals surface area contributed by atoms with E-state index in [2.05, 4.69) is 4.98 Å². The van der Waals surface area contributed by atoms with Crippen LogP contribution in [0.4, 0.5) is 8.78 Å². The molecule has 2 aromatic rings. The van der Waals surface area contributed by atoms with E-state index in [0.29, 0.717) is 11.1 Å². The molecule has 0 amide bonds. The lowest BCUT2D eigenvalue weighted by Gasteiger charge is -2.12. The van der Waals surface area contributed by atoms with Crippen LogP contribution in [-0.2, 0) is 15.6 Å². The van der Waals surface area contributed by atoms with Crippen LogP contribution in [0.15, 0.2) is 23.6 Å². The van der Waals surface area contributed by atoms with Crippen LogP contribution < -0.4 is 0 Å². The SMILES string of the molecule is Cc1csc(CS(=O)(=O)CC(O)c2ccc(F)cc2F)n1. The smallest absolute Gasteiger partial charge is 0.159 e. The molecular formula is C13H13F2NO3S2. The van der Waals surface area contributed by atoms with Crippen LogP contribution in [0.3, 0.4) is 0 Å². The molecule has 0 fully saturated rings. The fourth-order valence-electron chi connectivity index (χ4n) is 1.82. The molecule has 21 heavy (non-hydrogen) atoms. The number of sulfone groups is 1. The van der Waals surface area contributed by atoms with Gasteiger partial charge in [-0.3, -0.25) is 0 Å². The van der Waals surface area contributed by atoms with E-state index in [1.54, 1.807) is 12.3 Å². The first-order valence-electron chi connectivity index (χ1n) is 6.01. The Morgan fingerprint density at radius 1 is 1.38 bits per heavy atom. The maximum absolute atomic E-state index is 13.5. The quantitative estimate of drug-likeness (QED) is 0.912. The molecule has 0 bridgehead atoms. The Labute approximate surface area is 125 Å². The number of hydrogen-bond acceptors (Lipinski definition) is 5. The summed E-state index contributed by atoms with van der Waals surface area (Å²) < 4.78 is 50.3. The van der Waals surface area contributed by atoms with Crippen molar-refractivity contribution in [2.24, 2.45) is 0 Å². The minimum Gasteiger partial charge on any atom is -0.387 e. The number of aromatic nitrogens is 1. The van der Waals surface area contributed by atoms with Crippen LogP contribution in [-0.4, -0.2) is 24.3 Å². The van der Waals surface area contributed by atoms with Gasteiger partial charge in [0.05, 0.1) is 11.9 Å². The van der Waals surface area contributed by atoms with Crippen molar-refractivity contribution in [3.05, 3.63) is 51.5 Å². The van der Waals surface area contributed by atoms with Crippen LogP contribution in [0.5, 0.6) is 0 Å². The fraction of sp³-hybridized carbons (Fsp3) is 0.308. The van der Waals surface area contributed by atoms with Crippen molar-refractivity contribution in [3.63, 3.8) is 0 Å². The standard InChI is InChI=1S/C13H13F2NO3S2/c1-8-5-20-13(16-8)7-21(18,19)6-12(17)10-3-2-9(14)4-11(10)15/h2-5,12,17H,6-7H2,1H3. The summed E-state index contributed by atoms with van der Waals surface area (Å²) in [6, 6.07) is 2.62. The van der Waals surface area contributed by atoms with Crippen LogP contribution in [0, 0.1) is 18.6 Å². The van der Waals surface area contributed by atoms with E-state index >= 15 is 0 Å². The van der Waals surface area contributed by atoms with Gasteiger partial charge >= 0.3 is 0 Å². The highest BCUT2D eigenvalue weighted by Gasteiger charge is 2.23. The normalized spacial score (nSPS) is 13.3. The molecule has 0 saturated carbocycles. The monoisotopic (exact) mass is 333 g/mol. The zero-order valence-corrected chi connectivity index (χ0v) is 12.7. The van der Waals surface area contributed by atoms with E-state index in [1.165, 1.54) is 11.3 Å². The van der Waals surface area contributed by atoms with Gasteiger partial charge in [0.1, 0.15) is 22.4 Å².